The van der Waals surface area contributed by atoms with Gasteiger partial charge in [0.25, 0.3) is 5.91 Å². The molecule has 0 saturated carbocycles. The summed E-state index contributed by atoms with van der Waals surface area (Å²) in [4.78, 5) is 15.5. The van der Waals surface area contributed by atoms with Gasteiger partial charge in [0.2, 0.25) is 0 Å². The molecule has 0 spiro atoms. The fraction of sp³-hybridized carbons (Fsp3) is 0.158. The number of halogens is 4. The third-order valence-corrected chi connectivity index (χ3v) is 5.01. The van der Waals surface area contributed by atoms with E-state index in [0.717, 1.165) is 11.1 Å². The van der Waals surface area contributed by atoms with Crippen LogP contribution in [0, 0.1) is 13.8 Å². The second kappa shape index (κ2) is 7.32. The quantitative estimate of drug-likeness (QED) is 0.546. The zero-order chi connectivity index (χ0) is 19.8. The Bertz CT molecular complexity index is 997. The molecule has 3 aromatic rings. The van der Waals surface area contributed by atoms with Crippen molar-refractivity contribution in [1.82, 2.24) is 4.98 Å². The Morgan fingerprint density at radius 2 is 1.78 bits per heavy atom. The van der Waals surface area contributed by atoms with Gasteiger partial charge in [-0.3, -0.25) is 4.79 Å². The van der Waals surface area contributed by atoms with E-state index in [9.17, 15) is 18.0 Å². The Morgan fingerprint density at radius 1 is 1.11 bits per heavy atom. The Labute approximate surface area is 162 Å². The molecule has 3 nitrogen and oxygen atoms in total. The molecule has 3 rings (SSSR count). The maximum absolute atomic E-state index is 13.2. The Hall–Kier alpha value is -2.38. The van der Waals surface area contributed by atoms with Crippen LogP contribution in [0.25, 0.3) is 11.1 Å². The number of carbonyl (C=O) groups excluding carboxylic acids is 1. The highest BCUT2D eigenvalue weighted by atomic mass is 35.5. The van der Waals surface area contributed by atoms with Gasteiger partial charge < -0.3 is 5.32 Å². The first-order valence-corrected chi connectivity index (χ1v) is 9.07. The van der Waals surface area contributed by atoms with E-state index in [0.29, 0.717) is 27.6 Å². The lowest BCUT2D eigenvalue weighted by Crippen LogP contribution is -2.17. The molecule has 0 aliphatic rings. The molecule has 1 heterocycles. The van der Waals surface area contributed by atoms with Crippen LogP contribution in [-0.2, 0) is 6.18 Å². The number of hydrogen-bond donors (Lipinski definition) is 1. The Kier molecular flexibility index (Phi) is 5.26. The molecule has 1 N–H and O–H groups in total. The first-order valence-electron chi connectivity index (χ1n) is 7.87. The predicted molar refractivity (Wildman–Crippen MR) is 101 cm³/mol. The number of alkyl halides is 3. The molecule has 0 aliphatic heterocycles. The number of aryl methyl sites for hydroxylation is 2. The third kappa shape index (κ3) is 4.31. The van der Waals surface area contributed by atoms with Crippen molar-refractivity contribution in [2.75, 3.05) is 5.32 Å². The average Bonchev–Trinajstić information content (AvgIpc) is 2.98. The van der Waals surface area contributed by atoms with E-state index in [4.69, 9.17) is 11.6 Å². The summed E-state index contributed by atoms with van der Waals surface area (Å²) in [6.45, 7) is 3.37. The van der Waals surface area contributed by atoms with E-state index < -0.39 is 22.7 Å². The van der Waals surface area contributed by atoms with E-state index in [2.05, 4.69) is 10.3 Å². The van der Waals surface area contributed by atoms with Crippen LogP contribution < -0.4 is 5.32 Å². The normalized spacial score (nSPS) is 11.5. The van der Waals surface area contributed by atoms with Gasteiger partial charge in [-0.15, -0.1) is 11.3 Å². The van der Waals surface area contributed by atoms with E-state index in [1.54, 1.807) is 12.1 Å². The summed E-state index contributed by atoms with van der Waals surface area (Å²) in [6, 6.07) is 12.4. The van der Waals surface area contributed by atoms with Gasteiger partial charge in [-0.2, -0.15) is 13.2 Å². The Balaban J connectivity index is 2.00. The highest BCUT2D eigenvalue weighted by Crippen LogP contribution is 2.36. The molecule has 140 valence electrons. The number of benzene rings is 2. The van der Waals surface area contributed by atoms with Crippen molar-refractivity contribution < 1.29 is 18.0 Å². The minimum atomic E-state index is -4.70. The van der Waals surface area contributed by atoms with Crippen molar-refractivity contribution in [2.24, 2.45) is 0 Å². The van der Waals surface area contributed by atoms with E-state index in [1.807, 2.05) is 31.2 Å². The van der Waals surface area contributed by atoms with Crippen molar-refractivity contribution in [1.29, 1.82) is 0 Å². The molecule has 0 unspecified atom stereocenters. The van der Waals surface area contributed by atoms with Crippen LogP contribution >= 0.6 is 22.9 Å². The number of hydrogen-bond acceptors (Lipinski definition) is 3. The SMILES string of the molecule is Cc1ccc(-c2ccc(Cl)cc2NC(=O)c2sc(C)nc2C(F)(F)F)cc1. The molecule has 0 fully saturated rings. The van der Waals surface area contributed by atoms with Crippen LogP contribution in [0.1, 0.15) is 25.9 Å². The topological polar surface area (TPSA) is 42.0 Å². The Morgan fingerprint density at radius 3 is 2.41 bits per heavy atom. The van der Waals surface area contributed by atoms with Crippen LogP contribution in [-0.4, -0.2) is 10.9 Å². The number of rotatable bonds is 3. The summed E-state index contributed by atoms with van der Waals surface area (Å²) in [7, 11) is 0. The van der Waals surface area contributed by atoms with E-state index in [1.165, 1.54) is 13.0 Å². The van der Waals surface area contributed by atoms with Gasteiger partial charge in [-0.1, -0.05) is 47.5 Å². The van der Waals surface area contributed by atoms with Crippen LogP contribution in [0.2, 0.25) is 5.02 Å². The first kappa shape index (κ1) is 19.4. The smallest absolute Gasteiger partial charge is 0.321 e. The van der Waals surface area contributed by atoms with Crippen molar-refractivity contribution >= 4 is 34.5 Å². The minimum absolute atomic E-state index is 0.164. The number of nitrogens with one attached hydrogen (secondary N) is 1. The zero-order valence-corrected chi connectivity index (χ0v) is 15.9. The maximum Gasteiger partial charge on any atom is 0.435 e. The fourth-order valence-electron chi connectivity index (χ4n) is 2.56. The van der Waals surface area contributed by atoms with Crippen LogP contribution in [0.3, 0.4) is 0 Å². The number of aromatic nitrogens is 1. The van der Waals surface area contributed by atoms with Crippen molar-refractivity contribution in [2.45, 2.75) is 20.0 Å². The highest BCUT2D eigenvalue weighted by Gasteiger charge is 2.39. The zero-order valence-electron chi connectivity index (χ0n) is 14.3. The molecule has 1 amide bonds. The van der Waals surface area contributed by atoms with Crippen molar-refractivity contribution in [3.05, 3.63) is 68.6 Å². The summed E-state index contributed by atoms with van der Waals surface area (Å²) < 4.78 is 39.5. The highest BCUT2D eigenvalue weighted by molar-refractivity contribution is 7.13. The summed E-state index contributed by atoms with van der Waals surface area (Å²) in [5.74, 6) is -0.872. The summed E-state index contributed by atoms with van der Waals surface area (Å²) in [5.41, 5.74) is 1.68. The van der Waals surface area contributed by atoms with Gasteiger partial charge in [0.15, 0.2) is 5.69 Å². The molecule has 0 saturated heterocycles. The monoisotopic (exact) mass is 410 g/mol. The van der Waals surface area contributed by atoms with Gasteiger partial charge in [0, 0.05) is 10.6 Å². The second-order valence-electron chi connectivity index (χ2n) is 5.92. The van der Waals surface area contributed by atoms with Gasteiger partial charge >= 0.3 is 6.18 Å². The largest absolute Gasteiger partial charge is 0.435 e. The van der Waals surface area contributed by atoms with Crippen LogP contribution in [0.5, 0.6) is 0 Å². The van der Waals surface area contributed by atoms with E-state index >= 15 is 0 Å². The maximum atomic E-state index is 13.2. The summed E-state index contributed by atoms with van der Waals surface area (Å²) in [5, 5.41) is 3.08. The lowest BCUT2D eigenvalue weighted by atomic mass is 10.0. The van der Waals surface area contributed by atoms with Crippen molar-refractivity contribution in [3.63, 3.8) is 0 Å². The molecular formula is C19H14ClF3N2OS. The molecule has 0 bridgehead atoms. The van der Waals surface area contributed by atoms with Gasteiger partial charge in [-0.25, -0.2) is 4.98 Å². The number of carbonyl (C=O) groups is 1. The molecule has 2 aromatic carbocycles. The summed E-state index contributed by atoms with van der Waals surface area (Å²) >= 11 is 6.73. The molecule has 0 atom stereocenters. The number of anilines is 1. The van der Waals surface area contributed by atoms with Crippen molar-refractivity contribution in [3.8, 4) is 11.1 Å². The molecule has 8 heteroatoms. The first-order chi connectivity index (χ1) is 12.6. The molecular weight excluding hydrogens is 397 g/mol. The minimum Gasteiger partial charge on any atom is -0.321 e. The van der Waals surface area contributed by atoms with Gasteiger partial charge in [0.1, 0.15) is 4.88 Å². The van der Waals surface area contributed by atoms with Crippen LogP contribution in [0.4, 0.5) is 18.9 Å². The van der Waals surface area contributed by atoms with E-state index in [-0.39, 0.29) is 5.01 Å². The van der Waals surface area contributed by atoms with Gasteiger partial charge in [0.05, 0.1) is 10.7 Å². The summed E-state index contributed by atoms with van der Waals surface area (Å²) in [6.07, 6.45) is -4.70. The molecule has 0 radical (unpaired) electrons. The molecule has 27 heavy (non-hydrogen) atoms. The lowest BCUT2D eigenvalue weighted by molar-refractivity contribution is -0.141. The number of nitrogens with zero attached hydrogens (tertiary/aromatic N) is 1. The number of amides is 1. The fourth-order valence-corrected chi connectivity index (χ4v) is 3.56. The molecule has 1 aromatic heterocycles. The third-order valence-electron chi connectivity index (χ3n) is 3.80. The standard InChI is InChI=1S/C19H14ClF3N2OS/c1-10-3-5-12(6-4-10)14-8-7-13(20)9-15(14)25-18(26)16-17(19(21,22)23)24-11(2)27-16/h3-9H,1-2H3,(H,25,26). The van der Waals surface area contributed by atoms with Gasteiger partial charge in [-0.05, 0) is 31.5 Å². The lowest BCUT2D eigenvalue weighted by Gasteiger charge is -2.13. The number of thiazole rings is 1. The predicted octanol–water partition coefficient (Wildman–Crippen LogP) is 6.35. The second-order valence-corrected chi connectivity index (χ2v) is 7.56. The van der Waals surface area contributed by atoms with Crippen LogP contribution in [0.15, 0.2) is 42.5 Å². The average molecular weight is 411 g/mol. The molecule has 0 aliphatic carbocycles.